The number of methoxy groups -OCH3 is 1. The Bertz CT molecular complexity index is 562. The highest BCUT2D eigenvalue weighted by atomic mass is 16.5. The van der Waals surface area contributed by atoms with E-state index < -0.39 is 0 Å². The molecule has 21 heavy (non-hydrogen) atoms. The molecule has 2 aromatic rings. The van der Waals surface area contributed by atoms with Crippen LogP contribution in [0.2, 0.25) is 0 Å². The lowest BCUT2D eigenvalue weighted by atomic mass is 9.75. The second kappa shape index (κ2) is 6.27. The van der Waals surface area contributed by atoms with Crippen molar-refractivity contribution in [1.29, 1.82) is 0 Å². The van der Waals surface area contributed by atoms with Crippen LogP contribution in [0, 0.1) is 0 Å². The first kappa shape index (κ1) is 14.1. The van der Waals surface area contributed by atoms with Crippen molar-refractivity contribution in [2.45, 2.75) is 37.8 Å². The summed E-state index contributed by atoms with van der Waals surface area (Å²) in [6.45, 7) is 2.21. The molecule has 0 saturated heterocycles. The number of hydrogen-bond acceptors (Lipinski definition) is 3. The monoisotopic (exact) mass is 282 g/mol. The average molecular weight is 282 g/mol. The second-order valence-corrected chi connectivity index (χ2v) is 5.81. The first-order valence-corrected chi connectivity index (χ1v) is 7.56. The Hall–Kier alpha value is -1.87. The van der Waals surface area contributed by atoms with Crippen molar-refractivity contribution >= 4 is 0 Å². The Balaban J connectivity index is 1.51. The molecule has 1 aliphatic carbocycles. The summed E-state index contributed by atoms with van der Waals surface area (Å²) in [5.41, 5.74) is 2.67. The van der Waals surface area contributed by atoms with E-state index in [0.29, 0.717) is 18.0 Å². The number of nitrogens with one attached hydrogen (secondary N) is 1. The molecule has 0 radical (unpaired) electrons. The molecule has 3 heteroatoms. The zero-order valence-corrected chi connectivity index (χ0v) is 12.6. The highest BCUT2D eigenvalue weighted by Crippen LogP contribution is 2.38. The molecule has 110 valence electrons. The topological polar surface area (TPSA) is 34.1 Å². The Morgan fingerprint density at radius 2 is 1.95 bits per heavy atom. The SMILES string of the molecule is COc1ccc(C2CC(N[C@@H](C)c3cccnc3)C2)cc1. The summed E-state index contributed by atoms with van der Waals surface area (Å²) in [6, 6.07) is 13.6. The Morgan fingerprint density at radius 1 is 1.19 bits per heavy atom. The summed E-state index contributed by atoms with van der Waals surface area (Å²) < 4.78 is 5.21. The molecule has 1 saturated carbocycles. The predicted octanol–water partition coefficient (Wildman–Crippen LogP) is 3.69. The summed E-state index contributed by atoms with van der Waals surface area (Å²) in [4.78, 5) is 4.18. The van der Waals surface area contributed by atoms with E-state index in [-0.39, 0.29) is 0 Å². The average Bonchev–Trinajstić information content (AvgIpc) is 2.51. The van der Waals surface area contributed by atoms with Crippen molar-refractivity contribution in [3.05, 3.63) is 59.9 Å². The first-order valence-electron chi connectivity index (χ1n) is 7.56. The number of rotatable bonds is 5. The smallest absolute Gasteiger partial charge is 0.118 e. The normalized spacial score (nSPS) is 22.4. The molecule has 1 N–H and O–H groups in total. The van der Waals surface area contributed by atoms with Gasteiger partial charge in [0.05, 0.1) is 7.11 Å². The van der Waals surface area contributed by atoms with E-state index >= 15 is 0 Å². The van der Waals surface area contributed by atoms with Gasteiger partial charge in [0.15, 0.2) is 0 Å². The van der Waals surface area contributed by atoms with E-state index in [0.717, 1.165) is 5.75 Å². The second-order valence-electron chi connectivity index (χ2n) is 5.81. The number of hydrogen-bond donors (Lipinski definition) is 1. The molecular formula is C18H22N2O. The fourth-order valence-corrected chi connectivity index (χ4v) is 2.98. The molecule has 0 unspecified atom stereocenters. The van der Waals surface area contributed by atoms with Gasteiger partial charge in [0.2, 0.25) is 0 Å². The molecule has 1 aromatic heterocycles. The summed E-state index contributed by atoms with van der Waals surface area (Å²) in [5.74, 6) is 1.60. The Kier molecular flexibility index (Phi) is 4.20. The standard InChI is InChI=1S/C18H22N2O/c1-13(15-4-3-9-19-12-15)20-17-10-16(11-17)14-5-7-18(21-2)8-6-14/h3-9,12-13,16-17,20H,10-11H2,1-2H3/t13-,16?,17?/m0/s1. The van der Waals surface area contributed by atoms with Crippen molar-refractivity contribution in [1.82, 2.24) is 10.3 Å². The van der Waals surface area contributed by atoms with Gasteiger partial charge in [-0.05, 0) is 55.0 Å². The quantitative estimate of drug-likeness (QED) is 0.908. The Labute approximate surface area is 126 Å². The lowest BCUT2D eigenvalue weighted by Crippen LogP contribution is -2.41. The van der Waals surface area contributed by atoms with E-state index in [2.05, 4.69) is 35.4 Å². The summed E-state index contributed by atoms with van der Waals surface area (Å²) >= 11 is 0. The van der Waals surface area contributed by atoms with E-state index in [1.54, 1.807) is 7.11 Å². The van der Waals surface area contributed by atoms with Gasteiger partial charge >= 0.3 is 0 Å². The minimum Gasteiger partial charge on any atom is -0.497 e. The molecule has 1 aliphatic rings. The van der Waals surface area contributed by atoms with Gasteiger partial charge in [-0.2, -0.15) is 0 Å². The maximum atomic E-state index is 5.21. The van der Waals surface area contributed by atoms with E-state index in [9.17, 15) is 0 Å². The maximum Gasteiger partial charge on any atom is 0.118 e. The number of nitrogens with zero attached hydrogens (tertiary/aromatic N) is 1. The van der Waals surface area contributed by atoms with Gasteiger partial charge in [-0.25, -0.2) is 0 Å². The third kappa shape index (κ3) is 3.24. The number of aromatic nitrogens is 1. The van der Waals surface area contributed by atoms with E-state index in [1.807, 2.05) is 30.6 Å². The number of benzene rings is 1. The third-order valence-corrected chi connectivity index (χ3v) is 4.40. The lowest BCUT2D eigenvalue weighted by molar-refractivity contribution is 0.270. The van der Waals surface area contributed by atoms with Crippen LogP contribution in [0.5, 0.6) is 5.75 Å². The van der Waals surface area contributed by atoms with Gasteiger partial charge < -0.3 is 10.1 Å². The minimum atomic E-state index is 0.362. The van der Waals surface area contributed by atoms with E-state index in [4.69, 9.17) is 4.74 Å². The molecule has 3 nitrogen and oxygen atoms in total. The summed E-state index contributed by atoms with van der Waals surface area (Å²) in [5, 5.41) is 3.69. The van der Waals surface area contributed by atoms with Crippen LogP contribution < -0.4 is 10.1 Å². The summed E-state index contributed by atoms with van der Waals surface area (Å²) in [7, 11) is 1.71. The highest BCUT2D eigenvalue weighted by molar-refractivity contribution is 5.31. The van der Waals surface area contributed by atoms with Gasteiger partial charge in [-0.1, -0.05) is 18.2 Å². The number of pyridine rings is 1. The lowest BCUT2D eigenvalue weighted by Gasteiger charge is -2.38. The maximum absolute atomic E-state index is 5.21. The molecule has 1 heterocycles. The van der Waals surface area contributed by atoms with Gasteiger partial charge in [0.25, 0.3) is 0 Å². The van der Waals surface area contributed by atoms with Crippen LogP contribution >= 0.6 is 0 Å². The molecule has 0 spiro atoms. The highest BCUT2D eigenvalue weighted by Gasteiger charge is 2.31. The van der Waals surface area contributed by atoms with Crippen molar-refractivity contribution < 1.29 is 4.74 Å². The molecule has 0 bridgehead atoms. The van der Waals surface area contributed by atoms with Crippen LogP contribution in [0.1, 0.15) is 42.9 Å². The molecule has 0 amide bonds. The fraction of sp³-hybridized carbons (Fsp3) is 0.389. The van der Waals surface area contributed by atoms with Gasteiger partial charge in [-0.3, -0.25) is 4.98 Å². The Morgan fingerprint density at radius 3 is 2.57 bits per heavy atom. The third-order valence-electron chi connectivity index (χ3n) is 4.40. The van der Waals surface area contributed by atoms with Gasteiger partial charge in [0, 0.05) is 24.5 Å². The van der Waals surface area contributed by atoms with Crippen LogP contribution in [0.15, 0.2) is 48.8 Å². The van der Waals surface area contributed by atoms with Gasteiger partial charge in [-0.15, -0.1) is 0 Å². The zero-order valence-electron chi connectivity index (χ0n) is 12.6. The fourth-order valence-electron chi connectivity index (χ4n) is 2.98. The van der Waals surface area contributed by atoms with Crippen LogP contribution in [0.3, 0.4) is 0 Å². The van der Waals surface area contributed by atoms with Gasteiger partial charge in [0.1, 0.15) is 5.75 Å². The summed E-state index contributed by atoms with van der Waals surface area (Å²) in [6.07, 6.45) is 6.17. The predicted molar refractivity (Wildman–Crippen MR) is 84.5 cm³/mol. The largest absolute Gasteiger partial charge is 0.497 e. The first-order chi connectivity index (χ1) is 10.3. The van der Waals surface area contributed by atoms with E-state index in [1.165, 1.54) is 24.0 Å². The van der Waals surface area contributed by atoms with Crippen molar-refractivity contribution in [3.63, 3.8) is 0 Å². The van der Waals surface area contributed by atoms with Crippen LogP contribution in [-0.4, -0.2) is 18.1 Å². The molecule has 1 fully saturated rings. The van der Waals surface area contributed by atoms with Crippen LogP contribution in [0.25, 0.3) is 0 Å². The molecule has 1 atom stereocenters. The molecule has 1 aromatic carbocycles. The van der Waals surface area contributed by atoms with Crippen molar-refractivity contribution in [2.24, 2.45) is 0 Å². The molecule has 3 rings (SSSR count). The zero-order chi connectivity index (χ0) is 14.7. The van der Waals surface area contributed by atoms with Crippen molar-refractivity contribution in [2.75, 3.05) is 7.11 Å². The van der Waals surface area contributed by atoms with Crippen molar-refractivity contribution in [3.8, 4) is 5.75 Å². The number of ether oxygens (including phenoxy) is 1. The van der Waals surface area contributed by atoms with Crippen LogP contribution in [-0.2, 0) is 0 Å². The molecule has 0 aliphatic heterocycles. The minimum absolute atomic E-state index is 0.362. The molecular weight excluding hydrogens is 260 g/mol. The van der Waals surface area contributed by atoms with Crippen LogP contribution in [0.4, 0.5) is 0 Å².